The fourth-order valence-corrected chi connectivity index (χ4v) is 10.6. The van der Waals surface area contributed by atoms with Crippen molar-refractivity contribution in [1.82, 2.24) is 0 Å². The first kappa shape index (κ1) is 27.8. The third-order valence-corrected chi connectivity index (χ3v) is 12.6. The van der Waals surface area contributed by atoms with Crippen molar-refractivity contribution >= 4 is 11.5 Å². The monoisotopic (exact) mass is 538 g/mol. The molecule has 0 N–H and O–H groups in total. The van der Waals surface area contributed by atoms with Crippen LogP contribution in [0.15, 0.2) is 66.7 Å². The van der Waals surface area contributed by atoms with E-state index in [0.717, 1.165) is 48.9 Å². The molecule has 0 radical (unpaired) electrons. The molecule has 2 nitrogen and oxygen atoms in total. The van der Waals surface area contributed by atoms with Gasteiger partial charge >= 0.3 is 5.97 Å². The Hall–Kier alpha value is -2.35. The van der Waals surface area contributed by atoms with E-state index in [1.54, 1.807) is 6.92 Å². The quantitative estimate of drug-likeness (QED) is 0.342. The van der Waals surface area contributed by atoms with Crippen LogP contribution in [0.2, 0.25) is 0 Å². The minimum absolute atomic E-state index is 0.101. The van der Waals surface area contributed by atoms with Crippen molar-refractivity contribution in [3.8, 4) is 0 Å². The summed E-state index contributed by atoms with van der Waals surface area (Å²) in [6, 6.07) is 21.9. The second-order valence-electron chi connectivity index (χ2n) is 14.5. The number of rotatable bonds is 6. The Bertz CT molecular complexity index is 1160. The molecule has 40 heavy (non-hydrogen) atoms. The predicted molar refractivity (Wildman–Crippen MR) is 165 cm³/mol. The Labute approximate surface area is 243 Å². The van der Waals surface area contributed by atoms with Gasteiger partial charge < -0.3 is 4.74 Å². The van der Waals surface area contributed by atoms with E-state index in [-0.39, 0.29) is 12.1 Å². The van der Waals surface area contributed by atoms with Crippen LogP contribution in [0.5, 0.6) is 0 Å². The van der Waals surface area contributed by atoms with Crippen molar-refractivity contribution in [3.05, 3.63) is 77.9 Å². The first-order chi connectivity index (χ1) is 19.3. The Balaban J connectivity index is 1.18. The molecule has 4 aliphatic carbocycles. The van der Waals surface area contributed by atoms with Crippen LogP contribution in [0.1, 0.15) is 103 Å². The average Bonchev–Trinajstić information content (AvgIpc) is 3.31. The molecule has 214 valence electrons. The van der Waals surface area contributed by atoms with Crippen molar-refractivity contribution in [2.24, 2.45) is 46.3 Å². The van der Waals surface area contributed by atoms with Gasteiger partial charge in [0.15, 0.2) is 0 Å². The normalized spacial score (nSPS) is 37.4. The highest BCUT2D eigenvalue weighted by molar-refractivity contribution is 5.79. The molecule has 0 amide bonds. The van der Waals surface area contributed by atoms with Gasteiger partial charge in [-0.2, -0.15) is 0 Å². The highest BCUT2D eigenvalue weighted by Gasteiger charge is 2.60. The number of hydrogen-bond donors (Lipinski definition) is 0. The summed E-state index contributed by atoms with van der Waals surface area (Å²) in [5, 5.41) is 0. The van der Waals surface area contributed by atoms with Crippen LogP contribution in [-0.4, -0.2) is 12.1 Å². The standard InChI is InChI=1S/C38H50O2/c1-26(15-17-32(28-11-7-5-8-12-28)29-13-9-6-10-14-29)34-19-20-35-33-18-16-30-25-31(40-27(2)39)21-23-37(30,3)36(33)22-24-38(34,35)4/h5-14,17,26,30-31,33-36H,15-16,18-25H2,1-4H3/t26-,30+,31+,33-,34+,35-,36-,37+,38-/m1/s1. The van der Waals surface area contributed by atoms with Gasteiger partial charge in [0.25, 0.3) is 0 Å². The van der Waals surface area contributed by atoms with Crippen LogP contribution < -0.4 is 0 Å². The Morgan fingerprint density at radius 1 is 0.850 bits per heavy atom. The number of hydrogen-bond acceptors (Lipinski definition) is 2. The molecule has 0 spiro atoms. The zero-order valence-electron chi connectivity index (χ0n) is 25.3. The average molecular weight is 539 g/mol. The molecule has 4 saturated carbocycles. The summed E-state index contributed by atoms with van der Waals surface area (Å²) in [6.07, 6.45) is 15.6. The van der Waals surface area contributed by atoms with Gasteiger partial charge in [0.2, 0.25) is 0 Å². The van der Waals surface area contributed by atoms with E-state index in [1.807, 2.05) is 0 Å². The predicted octanol–water partition coefficient (Wildman–Crippen LogP) is 9.74. The van der Waals surface area contributed by atoms with Gasteiger partial charge in [0.05, 0.1) is 0 Å². The number of carbonyl (C=O) groups is 1. The third kappa shape index (κ3) is 4.99. The molecule has 2 heteroatoms. The number of benzene rings is 2. The summed E-state index contributed by atoms with van der Waals surface area (Å²) in [7, 11) is 0. The SMILES string of the molecule is CC(=O)O[C@H]1CC[C@@]2(C)[C@@H](CC[C@H]3[C@H]2CC[C@@]2(C)[C@@H]3CC[C@H]2[C@H](C)CC=C(c2ccccc2)c2ccccc2)C1. The molecule has 4 aliphatic rings. The molecular weight excluding hydrogens is 488 g/mol. The Morgan fingerprint density at radius 3 is 2.12 bits per heavy atom. The van der Waals surface area contributed by atoms with Crippen LogP contribution in [0, 0.1) is 46.3 Å². The van der Waals surface area contributed by atoms with Gasteiger partial charge in [-0.15, -0.1) is 0 Å². The highest BCUT2D eigenvalue weighted by Crippen LogP contribution is 2.68. The van der Waals surface area contributed by atoms with Crippen LogP contribution >= 0.6 is 0 Å². The van der Waals surface area contributed by atoms with Crippen molar-refractivity contribution in [2.45, 2.75) is 98.0 Å². The van der Waals surface area contributed by atoms with E-state index in [2.05, 4.69) is 87.5 Å². The zero-order valence-corrected chi connectivity index (χ0v) is 25.3. The Kier molecular flexibility index (Phi) is 7.75. The van der Waals surface area contributed by atoms with E-state index < -0.39 is 0 Å². The second kappa shape index (κ2) is 11.1. The second-order valence-corrected chi connectivity index (χ2v) is 14.5. The summed E-state index contributed by atoms with van der Waals surface area (Å²) < 4.78 is 5.70. The Morgan fingerprint density at radius 2 is 1.48 bits per heavy atom. The van der Waals surface area contributed by atoms with Crippen molar-refractivity contribution in [2.75, 3.05) is 0 Å². The van der Waals surface area contributed by atoms with E-state index in [1.165, 1.54) is 61.6 Å². The molecule has 0 heterocycles. The smallest absolute Gasteiger partial charge is 0.302 e. The fraction of sp³-hybridized carbons (Fsp3) is 0.605. The van der Waals surface area contributed by atoms with Crippen molar-refractivity contribution in [3.63, 3.8) is 0 Å². The zero-order chi connectivity index (χ0) is 27.9. The van der Waals surface area contributed by atoms with E-state index in [9.17, 15) is 4.79 Å². The van der Waals surface area contributed by atoms with E-state index >= 15 is 0 Å². The molecule has 0 bridgehead atoms. The van der Waals surface area contributed by atoms with Crippen LogP contribution in [-0.2, 0) is 9.53 Å². The topological polar surface area (TPSA) is 26.3 Å². The molecule has 9 atom stereocenters. The highest BCUT2D eigenvalue weighted by atomic mass is 16.5. The number of fused-ring (bicyclic) bond motifs is 5. The molecular formula is C38H50O2. The summed E-state index contributed by atoms with van der Waals surface area (Å²) in [5.41, 5.74) is 4.95. The maximum atomic E-state index is 11.6. The van der Waals surface area contributed by atoms with E-state index in [0.29, 0.717) is 16.7 Å². The van der Waals surface area contributed by atoms with Gasteiger partial charge in [0, 0.05) is 6.92 Å². The van der Waals surface area contributed by atoms with Gasteiger partial charge in [-0.25, -0.2) is 0 Å². The first-order valence-electron chi connectivity index (χ1n) is 16.3. The van der Waals surface area contributed by atoms with Crippen LogP contribution in [0.25, 0.3) is 5.57 Å². The van der Waals surface area contributed by atoms with Gasteiger partial charge in [-0.1, -0.05) is 87.5 Å². The molecule has 2 aromatic rings. The molecule has 2 aromatic carbocycles. The summed E-state index contributed by atoms with van der Waals surface area (Å²) in [6.45, 7) is 9.43. The molecule has 0 saturated heterocycles. The minimum Gasteiger partial charge on any atom is -0.463 e. The summed E-state index contributed by atoms with van der Waals surface area (Å²) >= 11 is 0. The first-order valence-corrected chi connectivity index (χ1v) is 16.3. The van der Waals surface area contributed by atoms with Crippen LogP contribution in [0.3, 0.4) is 0 Å². The number of ether oxygens (including phenoxy) is 1. The number of allylic oxidation sites excluding steroid dienone is 1. The van der Waals surface area contributed by atoms with E-state index in [4.69, 9.17) is 4.74 Å². The van der Waals surface area contributed by atoms with Crippen molar-refractivity contribution in [1.29, 1.82) is 0 Å². The van der Waals surface area contributed by atoms with Gasteiger partial charge in [-0.05, 0) is 127 Å². The summed E-state index contributed by atoms with van der Waals surface area (Å²) in [5.74, 6) is 4.77. The minimum atomic E-state index is -0.101. The van der Waals surface area contributed by atoms with Crippen LogP contribution in [0.4, 0.5) is 0 Å². The lowest BCUT2D eigenvalue weighted by Crippen LogP contribution is -2.54. The van der Waals surface area contributed by atoms with Gasteiger partial charge in [0.1, 0.15) is 6.10 Å². The molecule has 4 fully saturated rings. The largest absolute Gasteiger partial charge is 0.463 e. The molecule has 0 aliphatic heterocycles. The lowest BCUT2D eigenvalue weighted by Gasteiger charge is -2.61. The molecule has 6 rings (SSSR count). The number of esters is 1. The van der Waals surface area contributed by atoms with Gasteiger partial charge in [-0.3, -0.25) is 4.79 Å². The lowest BCUT2D eigenvalue weighted by molar-refractivity contribution is -0.160. The molecule has 0 aromatic heterocycles. The fourth-order valence-electron chi connectivity index (χ4n) is 10.6. The summed E-state index contributed by atoms with van der Waals surface area (Å²) in [4.78, 5) is 11.6. The maximum Gasteiger partial charge on any atom is 0.302 e. The lowest BCUT2D eigenvalue weighted by atomic mass is 9.44. The maximum absolute atomic E-state index is 11.6. The third-order valence-electron chi connectivity index (χ3n) is 12.6. The van der Waals surface area contributed by atoms with Crippen molar-refractivity contribution < 1.29 is 9.53 Å². The molecule has 0 unspecified atom stereocenters. The number of carbonyl (C=O) groups excluding carboxylic acids is 1.